The third kappa shape index (κ3) is 2.25. The van der Waals surface area contributed by atoms with Crippen molar-refractivity contribution in [2.75, 3.05) is 0 Å². The molecule has 0 fully saturated rings. The molecule has 0 spiro atoms. The fourth-order valence-corrected chi connectivity index (χ4v) is 1.53. The summed E-state index contributed by atoms with van der Waals surface area (Å²) in [5, 5.41) is 18.5. The largest absolute Gasteiger partial charge is 0.507 e. The van der Waals surface area contributed by atoms with E-state index in [4.69, 9.17) is 5.11 Å². The van der Waals surface area contributed by atoms with E-state index in [2.05, 4.69) is 0 Å². The van der Waals surface area contributed by atoms with Gasteiger partial charge in [0.2, 0.25) is 0 Å². The van der Waals surface area contributed by atoms with E-state index < -0.39 is 5.97 Å². The minimum atomic E-state index is -1.08. The zero-order valence-electron chi connectivity index (χ0n) is 8.72. The summed E-state index contributed by atoms with van der Waals surface area (Å²) in [5.41, 5.74) is 0.999. The number of carboxylic acids is 1. The number of hydrogen-bond donors (Lipinski definition) is 2. The van der Waals surface area contributed by atoms with E-state index >= 15 is 0 Å². The Bertz CT molecular complexity index is 561. The first-order valence-electron chi connectivity index (χ1n) is 4.90. The van der Waals surface area contributed by atoms with Gasteiger partial charge in [-0.15, -0.1) is 0 Å². The number of rotatable bonds is 2. The Balaban J connectivity index is 2.54. The van der Waals surface area contributed by atoms with Crippen LogP contribution in [0, 0.1) is 5.82 Å². The first kappa shape index (κ1) is 11.1. The second kappa shape index (κ2) is 4.25. The number of carbonyl (C=O) groups is 1. The molecular weight excluding hydrogens is 223 g/mol. The zero-order valence-corrected chi connectivity index (χ0v) is 8.72. The summed E-state index contributed by atoms with van der Waals surface area (Å²) in [5.74, 6) is -1.50. The molecule has 86 valence electrons. The fraction of sp³-hybridized carbons (Fsp3) is 0. The van der Waals surface area contributed by atoms with Gasteiger partial charge in [0.15, 0.2) is 0 Å². The predicted molar refractivity (Wildman–Crippen MR) is 60.5 cm³/mol. The van der Waals surface area contributed by atoms with E-state index in [0.717, 1.165) is 0 Å². The van der Waals surface area contributed by atoms with Crippen LogP contribution in [-0.4, -0.2) is 16.2 Å². The molecule has 0 bridgehead atoms. The van der Waals surface area contributed by atoms with Crippen molar-refractivity contribution in [1.29, 1.82) is 0 Å². The highest BCUT2D eigenvalue weighted by Crippen LogP contribution is 2.30. The fourth-order valence-electron chi connectivity index (χ4n) is 1.53. The third-order valence-corrected chi connectivity index (χ3v) is 2.40. The molecule has 2 N–H and O–H groups in total. The highest BCUT2D eigenvalue weighted by Gasteiger charge is 2.09. The molecule has 0 heterocycles. The van der Waals surface area contributed by atoms with E-state index in [1.165, 1.54) is 42.5 Å². The van der Waals surface area contributed by atoms with Crippen LogP contribution in [0.25, 0.3) is 11.1 Å². The molecule has 0 aliphatic rings. The molecule has 2 aromatic carbocycles. The van der Waals surface area contributed by atoms with Gasteiger partial charge < -0.3 is 10.2 Å². The minimum Gasteiger partial charge on any atom is -0.507 e. The van der Waals surface area contributed by atoms with Crippen molar-refractivity contribution in [3.63, 3.8) is 0 Å². The number of halogens is 1. The lowest BCUT2D eigenvalue weighted by Gasteiger charge is -2.06. The van der Waals surface area contributed by atoms with Crippen molar-refractivity contribution in [3.8, 4) is 16.9 Å². The lowest BCUT2D eigenvalue weighted by Crippen LogP contribution is -1.96. The van der Waals surface area contributed by atoms with Crippen LogP contribution in [0.4, 0.5) is 4.39 Å². The molecule has 0 saturated carbocycles. The van der Waals surface area contributed by atoms with Gasteiger partial charge in [-0.2, -0.15) is 0 Å². The topological polar surface area (TPSA) is 57.5 Å². The summed E-state index contributed by atoms with van der Waals surface area (Å²) < 4.78 is 12.8. The van der Waals surface area contributed by atoms with E-state index in [9.17, 15) is 14.3 Å². The maximum atomic E-state index is 12.8. The Morgan fingerprint density at radius 1 is 1.06 bits per heavy atom. The van der Waals surface area contributed by atoms with Gasteiger partial charge in [0.1, 0.15) is 11.6 Å². The van der Waals surface area contributed by atoms with Crippen molar-refractivity contribution >= 4 is 5.97 Å². The van der Waals surface area contributed by atoms with Gasteiger partial charge in [0, 0.05) is 5.56 Å². The second-order valence-electron chi connectivity index (χ2n) is 3.54. The Kier molecular flexibility index (Phi) is 2.78. The normalized spacial score (nSPS) is 10.2. The maximum Gasteiger partial charge on any atom is 0.335 e. The van der Waals surface area contributed by atoms with E-state index in [1.54, 1.807) is 0 Å². The van der Waals surface area contributed by atoms with Crippen LogP contribution in [0.2, 0.25) is 0 Å². The van der Waals surface area contributed by atoms with Gasteiger partial charge in [0.05, 0.1) is 5.56 Å². The molecule has 0 aromatic heterocycles. The monoisotopic (exact) mass is 232 g/mol. The summed E-state index contributed by atoms with van der Waals surface area (Å²) >= 11 is 0. The number of aromatic carboxylic acids is 1. The van der Waals surface area contributed by atoms with E-state index in [-0.39, 0.29) is 17.1 Å². The second-order valence-corrected chi connectivity index (χ2v) is 3.54. The number of hydrogen-bond acceptors (Lipinski definition) is 2. The van der Waals surface area contributed by atoms with Gasteiger partial charge in [0.25, 0.3) is 0 Å². The summed E-state index contributed by atoms with van der Waals surface area (Å²) in [6, 6.07) is 9.44. The lowest BCUT2D eigenvalue weighted by atomic mass is 10.0. The zero-order chi connectivity index (χ0) is 12.4. The molecule has 2 aromatic rings. The predicted octanol–water partition coefficient (Wildman–Crippen LogP) is 2.90. The van der Waals surface area contributed by atoms with Crippen LogP contribution in [-0.2, 0) is 0 Å². The molecule has 4 heteroatoms. The Hall–Kier alpha value is -2.36. The maximum absolute atomic E-state index is 12.8. The molecule has 17 heavy (non-hydrogen) atoms. The highest BCUT2D eigenvalue weighted by atomic mass is 19.1. The Morgan fingerprint density at radius 2 is 1.71 bits per heavy atom. The van der Waals surface area contributed by atoms with E-state index in [0.29, 0.717) is 11.1 Å². The third-order valence-electron chi connectivity index (χ3n) is 2.40. The number of benzene rings is 2. The average molecular weight is 232 g/mol. The van der Waals surface area contributed by atoms with Crippen LogP contribution in [0.3, 0.4) is 0 Å². The molecule has 0 amide bonds. The molecule has 3 nitrogen and oxygen atoms in total. The van der Waals surface area contributed by atoms with Gasteiger partial charge >= 0.3 is 5.97 Å². The molecule has 0 atom stereocenters. The molecule has 0 aliphatic carbocycles. The quantitative estimate of drug-likeness (QED) is 0.836. The number of aromatic hydroxyl groups is 1. The van der Waals surface area contributed by atoms with Crippen LogP contribution >= 0.6 is 0 Å². The summed E-state index contributed by atoms with van der Waals surface area (Å²) in [6.45, 7) is 0. The molecule has 0 radical (unpaired) electrons. The van der Waals surface area contributed by atoms with Gasteiger partial charge in [-0.3, -0.25) is 0 Å². The van der Waals surface area contributed by atoms with Crippen LogP contribution in [0.1, 0.15) is 10.4 Å². The molecule has 2 rings (SSSR count). The molecule has 0 aliphatic heterocycles. The average Bonchev–Trinajstić information content (AvgIpc) is 2.31. The summed E-state index contributed by atoms with van der Waals surface area (Å²) in [7, 11) is 0. The standard InChI is InChI=1S/C13H9FO3/c14-10-4-1-8(2-5-10)11-7-9(13(16)17)3-6-12(11)15/h1-7,15H,(H,16,17). The number of carboxylic acid groups (broad SMARTS) is 1. The molecule has 0 unspecified atom stereocenters. The number of phenolic OH excluding ortho intramolecular Hbond substituents is 1. The van der Waals surface area contributed by atoms with Crippen molar-refractivity contribution < 1.29 is 19.4 Å². The van der Waals surface area contributed by atoms with E-state index in [1.807, 2.05) is 0 Å². The minimum absolute atomic E-state index is 0.0402. The molecule has 0 saturated heterocycles. The summed E-state index contributed by atoms with van der Waals surface area (Å²) in [4.78, 5) is 10.8. The first-order chi connectivity index (χ1) is 8.08. The van der Waals surface area contributed by atoms with Crippen molar-refractivity contribution in [3.05, 3.63) is 53.8 Å². The SMILES string of the molecule is O=C(O)c1ccc(O)c(-c2ccc(F)cc2)c1. The Morgan fingerprint density at radius 3 is 2.29 bits per heavy atom. The lowest BCUT2D eigenvalue weighted by molar-refractivity contribution is 0.0697. The van der Waals surface area contributed by atoms with Crippen molar-refractivity contribution in [2.24, 2.45) is 0 Å². The van der Waals surface area contributed by atoms with Gasteiger partial charge in [-0.1, -0.05) is 12.1 Å². The number of phenols is 1. The highest BCUT2D eigenvalue weighted by molar-refractivity contribution is 5.90. The van der Waals surface area contributed by atoms with Crippen molar-refractivity contribution in [1.82, 2.24) is 0 Å². The van der Waals surface area contributed by atoms with Crippen molar-refractivity contribution in [2.45, 2.75) is 0 Å². The van der Waals surface area contributed by atoms with Crippen LogP contribution in [0.5, 0.6) is 5.75 Å². The van der Waals surface area contributed by atoms with Crippen LogP contribution < -0.4 is 0 Å². The van der Waals surface area contributed by atoms with Gasteiger partial charge in [-0.25, -0.2) is 9.18 Å². The summed E-state index contributed by atoms with van der Waals surface area (Å²) in [6.07, 6.45) is 0. The first-order valence-corrected chi connectivity index (χ1v) is 4.90. The van der Waals surface area contributed by atoms with Crippen LogP contribution in [0.15, 0.2) is 42.5 Å². The smallest absolute Gasteiger partial charge is 0.335 e. The molecular formula is C13H9FO3. The van der Waals surface area contributed by atoms with Gasteiger partial charge in [-0.05, 0) is 35.9 Å². The Labute approximate surface area is 96.8 Å².